The minimum atomic E-state index is -0.392. The molecule has 7 heteroatoms. The zero-order chi connectivity index (χ0) is 20.3. The molecule has 1 amide bonds. The van der Waals surface area contributed by atoms with Crippen LogP contribution in [0.2, 0.25) is 0 Å². The lowest BCUT2D eigenvalue weighted by Crippen LogP contribution is -2.40. The summed E-state index contributed by atoms with van der Waals surface area (Å²) in [7, 11) is 5.37. The van der Waals surface area contributed by atoms with E-state index in [9.17, 15) is 4.79 Å². The molecule has 2 aromatic rings. The smallest absolute Gasteiger partial charge is 0.244 e. The van der Waals surface area contributed by atoms with E-state index in [0.29, 0.717) is 12.4 Å². The standard InChI is InChI=1S/C21H26N4O3/c1-21(2)11-17(16-8-7-15(27-5)10-18(16)28-21)24-19(26)9-6-14-12-22-20(23-13-14)25(3)4/h6-10,12-13,17H,11H2,1-5H3,(H,24,26)/b9-6+. The lowest BCUT2D eigenvalue weighted by molar-refractivity contribution is -0.117. The van der Waals surface area contributed by atoms with Gasteiger partial charge in [0.05, 0.1) is 13.2 Å². The van der Waals surface area contributed by atoms with Crippen LogP contribution in [0.1, 0.15) is 37.4 Å². The van der Waals surface area contributed by atoms with Crippen molar-refractivity contribution in [3.05, 3.63) is 47.8 Å². The lowest BCUT2D eigenvalue weighted by Gasteiger charge is -2.37. The molecule has 1 aliphatic heterocycles. The average molecular weight is 382 g/mol. The fourth-order valence-electron chi connectivity index (χ4n) is 3.13. The molecule has 0 radical (unpaired) electrons. The molecule has 0 spiro atoms. The van der Waals surface area contributed by atoms with E-state index in [0.717, 1.165) is 22.6 Å². The maximum atomic E-state index is 12.5. The number of aromatic nitrogens is 2. The van der Waals surface area contributed by atoms with E-state index >= 15 is 0 Å². The van der Waals surface area contributed by atoms with Crippen LogP contribution in [0.5, 0.6) is 11.5 Å². The number of carbonyl (C=O) groups is 1. The van der Waals surface area contributed by atoms with Gasteiger partial charge in [0.1, 0.15) is 17.1 Å². The second kappa shape index (κ2) is 7.88. The predicted octanol–water partition coefficient (Wildman–Crippen LogP) is 2.98. The number of hydrogen-bond acceptors (Lipinski definition) is 6. The molecule has 3 rings (SSSR count). The summed E-state index contributed by atoms with van der Waals surface area (Å²) in [6.45, 7) is 4.02. The number of rotatable bonds is 5. The zero-order valence-electron chi connectivity index (χ0n) is 16.9. The van der Waals surface area contributed by atoms with E-state index in [1.54, 1.807) is 25.6 Å². The molecule has 0 bridgehead atoms. The SMILES string of the molecule is COc1ccc2c(c1)OC(C)(C)CC2NC(=O)/C=C/c1cnc(N(C)C)nc1. The Balaban J connectivity index is 1.73. The van der Waals surface area contributed by atoms with Gasteiger partial charge in [-0.1, -0.05) is 0 Å². The Morgan fingerprint density at radius 2 is 2.04 bits per heavy atom. The maximum absolute atomic E-state index is 12.5. The molecule has 1 N–H and O–H groups in total. The van der Waals surface area contributed by atoms with Crippen molar-refractivity contribution < 1.29 is 14.3 Å². The van der Waals surface area contributed by atoms with Gasteiger partial charge in [-0.2, -0.15) is 0 Å². The Morgan fingerprint density at radius 3 is 2.68 bits per heavy atom. The first-order valence-corrected chi connectivity index (χ1v) is 9.12. The molecule has 1 aromatic heterocycles. The van der Waals surface area contributed by atoms with Crippen LogP contribution in [-0.2, 0) is 4.79 Å². The second-order valence-electron chi connectivity index (χ2n) is 7.57. The summed E-state index contributed by atoms with van der Waals surface area (Å²) in [6.07, 6.45) is 7.25. The Kier molecular flexibility index (Phi) is 5.53. The number of nitrogens with one attached hydrogen (secondary N) is 1. The summed E-state index contributed by atoms with van der Waals surface area (Å²) in [5, 5.41) is 3.07. The molecule has 0 saturated heterocycles. The molecule has 28 heavy (non-hydrogen) atoms. The van der Waals surface area contributed by atoms with Crippen molar-refractivity contribution in [1.82, 2.24) is 15.3 Å². The number of hydrogen-bond donors (Lipinski definition) is 1. The monoisotopic (exact) mass is 382 g/mol. The zero-order valence-corrected chi connectivity index (χ0v) is 16.9. The van der Waals surface area contributed by atoms with Crippen LogP contribution < -0.4 is 19.7 Å². The predicted molar refractivity (Wildman–Crippen MR) is 109 cm³/mol. The molecule has 1 aliphatic rings. The summed E-state index contributed by atoms with van der Waals surface area (Å²) in [6, 6.07) is 5.52. The van der Waals surface area contributed by atoms with Crippen LogP contribution in [0.15, 0.2) is 36.7 Å². The molecule has 2 heterocycles. The van der Waals surface area contributed by atoms with Gasteiger partial charge in [0.25, 0.3) is 0 Å². The molecular formula is C21H26N4O3. The summed E-state index contributed by atoms with van der Waals surface area (Å²) in [5.41, 5.74) is 1.32. The molecule has 0 aliphatic carbocycles. The topological polar surface area (TPSA) is 76.6 Å². The van der Waals surface area contributed by atoms with Crippen molar-refractivity contribution in [2.45, 2.75) is 31.9 Å². The van der Waals surface area contributed by atoms with E-state index in [1.807, 2.05) is 51.0 Å². The van der Waals surface area contributed by atoms with Crippen molar-refractivity contribution in [3.8, 4) is 11.5 Å². The highest BCUT2D eigenvalue weighted by molar-refractivity contribution is 5.92. The van der Waals surface area contributed by atoms with Gasteiger partial charge >= 0.3 is 0 Å². The fraction of sp³-hybridized carbons (Fsp3) is 0.381. The van der Waals surface area contributed by atoms with E-state index in [2.05, 4.69) is 15.3 Å². The average Bonchev–Trinajstić information content (AvgIpc) is 2.65. The molecule has 1 atom stereocenters. The number of fused-ring (bicyclic) bond motifs is 1. The van der Waals surface area contributed by atoms with Gasteiger partial charge in [0.15, 0.2) is 0 Å². The number of anilines is 1. The highest BCUT2D eigenvalue weighted by Gasteiger charge is 2.34. The third-order valence-corrected chi connectivity index (χ3v) is 4.48. The molecule has 148 valence electrons. The van der Waals surface area contributed by atoms with Crippen LogP contribution in [0.3, 0.4) is 0 Å². The van der Waals surface area contributed by atoms with Gasteiger partial charge in [-0.05, 0) is 32.1 Å². The summed E-state index contributed by atoms with van der Waals surface area (Å²) < 4.78 is 11.3. The third kappa shape index (κ3) is 4.60. The fourth-order valence-corrected chi connectivity index (χ4v) is 3.13. The first-order valence-electron chi connectivity index (χ1n) is 9.12. The number of carbonyl (C=O) groups excluding carboxylic acids is 1. The first-order chi connectivity index (χ1) is 13.3. The summed E-state index contributed by atoms with van der Waals surface area (Å²) >= 11 is 0. The Morgan fingerprint density at radius 1 is 1.32 bits per heavy atom. The van der Waals surface area contributed by atoms with Crippen molar-refractivity contribution in [2.75, 3.05) is 26.1 Å². The molecule has 0 saturated carbocycles. The number of ether oxygens (including phenoxy) is 2. The van der Waals surface area contributed by atoms with Crippen LogP contribution in [0.4, 0.5) is 5.95 Å². The van der Waals surface area contributed by atoms with Crippen LogP contribution >= 0.6 is 0 Å². The Labute approximate surface area is 165 Å². The lowest BCUT2D eigenvalue weighted by atomic mass is 9.89. The molecule has 1 unspecified atom stereocenters. The normalized spacial score (nSPS) is 17.5. The van der Waals surface area contributed by atoms with E-state index in [1.165, 1.54) is 6.08 Å². The van der Waals surface area contributed by atoms with Gasteiger partial charge in [-0.15, -0.1) is 0 Å². The number of amides is 1. The Hall–Kier alpha value is -3.09. The molecule has 1 aromatic carbocycles. The van der Waals surface area contributed by atoms with Crippen molar-refractivity contribution in [3.63, 3.8) is 0 Å². The van der Waals surface area contributed by atoms with Crippen LogP contribution in [0, 0.1) is 0 Å². The molecule has 0 fully saturated rings. The van der Waals surface area contributed by atoms with E-state index < -0.39 is 5.60 Å². The van der Waals surface area contributed by atoms with Gasteiger partial charge in [-0.25, -0.2) is 9.97 Å². The van der Waals surface area contributed by atoms with Gasteiger partial charge in [0, 0.05) is 56.2 Å². The first kappa shape index (κ1) is 19.7. The minimum absolute atomic E-state index is 0.144. The number of benzene rings is 1. The number of methoxy groups -OCH3 is 1. The van der Waals surface area contributed by atoms with Gasteiger partial charge in [0.2, 0.25) is 11.9 Å². The van der Waals surface area contributed by atoms with E-state index in [-0.39, 0.29) is 11.9 Å². The largest absolute Gasteiger partial charge is 0.497 e. The van der Waals surface area contributed by atoms with Crippen molar-refractivity contribution in [1.29, 1.82) is 0 Å². The quantitative estimate of drug-likeness (QED) is 0.801. The highest BCUT2D eigenvalue weighted by atomic mass is 16.5. The van der Waals surface area contributed by atoms with Gasteiger partial charge < -0.3 is 19.7 Å². The molecule has 7 nitrogen and oxygen atoms in total. The van der Waals surface area contributed by atoms with Crippen LogP contribution in [-0.4, -0.2) is 42.7 Å². The maximum Gasteiger partial charge on any atom is 0.244 e. The highest BCUT2D eigenvalue weighted by Crippen LogP contribution is 2.41. The third-order valence-electron chi connectivity index (χ3n) is 4.48. The summed E-state index contributed by atoms with van der Waals surface area (Å²) in [5.74, 6) is 1.90. The number of nitrogens with zero attached hydrogens (tertiary/aromatic N) is 3. The van der Waals surface area contributed by atoms with Gasteiger partial charge in [-0.3, -0.25) is 4.79 Å². The minimum Gasteiger partial charge on any atom is -0.497 e. The molecular weight excluding hydrogens is 356 g/mol. The Bertz CT molecular complexity index is 876. The van der Waals surface area contributed by atoms with E-state index in [4.69, 9.17) is 9.47 Å². The van der Waals surface area contributed by atoms with Crippen molar-refractivity contribution >= 4 is 17.9 Å². The van der Waals surface area contributed by atoms with Crippen LogP contribution in [0.25, 0.3) is 6.08 Å². The van der Waals surface area contributed by atoms with Crippen molar-refractivity contribution in [2.24, 2.45) is 0 Å². The summed E-state index contributed by atoms with van der Waals surface area (Å²) in [4.78, 5) is 22.8. The second-order valence-corrected chi connectivity index (χ2v) is 7.57.